The van der Waals surface area contributed by atoms with Crippen LogP contribution in [-0.2, 0) is 19.1 Å². The van der Waals surface area contributed by atoms with Crippen LogP contribution in [0.2, 0.25) is 0 Å². The summed E-state index contributed by atoms with van der Waals surface area (Å²) in [5, 5.41) is 0. The van der Waals surface area contributed by atoms with Crippen LogP contribution in [0.3, 0.4) is 0 Å². The Morgan fingerprint density at radius 1 is 0.792 bits per heavy atom. The molecular weight excluding hydrogens is 346 g/mol. The third-order valence-electron chi connectivity index (χ3n) is 3.00. The predicted molar refractivity (Wildman–Crippen MR) is 70.9 cm³/mol. The molecule has 0 spiro atoms. The van der Waals surface area contributed by atoms with Crippen molar-refractivity contribution in [1.82, 2.24) is 0 Å². The van der Waals surface area contributed by atoms with E-state index in [2.05, 4.69) is 9.47 Å². The first-order valence-electron chi connectivity index (χ1n) is 7.19. The van der Waals surface area contributed by atoms with Gasteiger partial charge in [-0.05, 0) is 26.7 Å². The average molecular weight is 366 g/mol. The van der Waals surface area contributed by atoms with E-state index in [1.54, 1.807) is 0 Å². The number of halogens is 6. The molecule has 0 aromatic rings. The number of unbranched alkanes of at least 4 members (excludes halogenated alkanes) is 2. The molecule has 0 aliphatic heterocycles. The summed E-state index contributed by atoms with van der Waals surface area (Å²) in [7, 11) is 0. The molecule has 142 valence electrons. The molecule has 0 N–H and O–H groups in total. The second-order valence-electron chi connectivity index (χ2n) is 5.91. The first-order chi connectivity index (χ1) is 10.7. The van der Waals surface area contributed by atoms with E-state index in [-0.39, 0.29) is 19.3 Å². The van der Waals surface area contributed by atoms with Crippen molar-refractivity contribution in [3.8, 4) is 0 Å². The Labute approximate surface area is 135 Å². The van der Waals surface area contributed by atoms with Crippen molar-refractivity contribution in [3.63, 3.8) is 0 Å². The zero-order valence-electron chi connectivity index (χ0n) is 13.4. The molecule has 0 radical (unpaired) electrons. The maximum Gasteiger partial charge on any atom is 0.422 e. The Bertz CT molecular complexity index is 414. The largest absolute Gasteiger partial charge is 0.456 e. The topological polar surface area (TPSA) is 52.6 Å². The SMILES string of the molecule is CC(C)(CCCCCC(=O)OCC(F)(F)F)C(=O)OCC(F)(F)F. The first-order valence-corrected chi connectivity index (χ1v) is 7.19. The van der Waals surface area contributed by atoms with Gasteiger partial charge in [0.1, 0.15) is 0 Å². The molecule has 0 amide bonds. The molecule has 0 aromatic carbocycles. The number of alkyl halides is 6. The maximum atomic E-state index is 12.0. The van der Waals surface area contributed by atoms with Gasteiger partial charge in [0.15, 0.2) is 13.2 Å². The molecule has 0 rings (SSSR count). The minimum atomic E-state index is -4.59. The summed E-state index contributed by atoms with van der Waals surface area (Å²) in [6.45, 7) is -0.420. The molecular formula is C14H20F6O4. The van der Waals surface area contributed by atoms with Crippen LogP contribution in [0.5, 0.6) is 0 Å². The Kier molecular flexibility index (Phi) is 8.56. The van der Waals surface area contributed by atoms with Gasteiger partial charge in [0.2, 0.25) is 0 Å². The van der Waals surface area contributed by atoms with Gasteiger partial charge in [-0.2, -0.15) is 26.3 Å². The van der Waals surface area contributed by atoms with Crippen LogP contribution < -0.4 is 0 Å². The molecule has 0 aromatic heterocycles. The molecule has 24 heavy (non-hydrogen) atoms. The van der Waals surface area contributed by atoms with E-state index in [1.165, 1.54) is 13.8 Å². The van der Waals surface area contributed by atoms with Gasteiger partial charge in [-0.15, -0.1) is 0 Å². The number of ether oxygens (including phenoxy) is 2. The fraction of sp³-hybridized carbons (Fsp3) is 0.857. The van der Waals surface area contributed by atoms with Gasteiger partial charge in [0.25, 0.3) is 0 Å². The van der Waals surface area contributed by atoms with E-state index in [0.29, 0.717) is 12.8 Å². The first kappa shape index (κ1) is 22.5. The highest BCUT2D eigenvalue weighted by Gasteiger charge is 2.34. The summed E-state index contributed by atoms with van der Waals surface area (Å²) in [5.74, 6) is -1.96. The lowest BCUT2D eigenvalue weighted by atomic mass is 9.87. The number of rotatable bonds is 9. The van der Waals surface area contributed by atoms with Crippen molar-refractivity contribution in [2.45, 2.75) is 58.3 Å². The standard InChI is InChI=1S/C14H20F6O4/c1-12(2,11(22)24-9-14(18,19)20)7-5-3-4-6-10(21)23-8-13(15,16)17/h3-9H2,1-2H3. The van der Waals surface area contributed by atoms with Gasteiger partial charge in [-0.3, -0.25) is 9.59 Å². The highest BCUT2D eigenvalue weighted by atomic mass is 19.4. The molecule has 0 aliphatic rings. The van der Waals surface area contributed by atoms with Crippen molar-refractivity contribution in [1.29, 1.82) is 0 Å². The quantitative estimate of drug-likeness (QED) is 0.349. The Morgan fingerprint density at radius 3 is 1.79 bits per heavy atom. The molecule has 0 heterocycles. The molecule has 0 bridgehead atoms. The molecule has 0 atom stereocenters. The van der Waals surface area contributed by atoms with E-state index in [9.17, 15) is 35.9 Å². The summed E-state index contributed by atoms with van der Waals surface area (Å²) in [4.78, 5) is 22.6. The van der Waals surface area contributed by atoms with E-state index < -0.39 is 42.9 Å². The lowest BCUT2D eigenvalue weighted by Gasteiger charge is -2.22. The predicted octanol–water partition coefficient (Wildman–Crippen LogP) is 4.17. The van der Waals surface area contributed by atoms with Gasteiger partial charge in [0.05, 0.1) is 5.41 Å². The fourth-order valence-corrected chi connectivity index (χ4v) is 1.69. The third kappa shape index (κ3) is 12.0. The summed E-state index contributed by atoms with van der Waals surface area (Å²) in [5.41, 5.74) is -1.12. The zero-order chi connectivity index (χ0) is 19.0. The molecule has 0 aliphatic carbocycles. The van der Waals surface area contributed by atoms with Gasteiger partial charge in [-0.1, -0.05) is 12.8 Å². The molecule has 0 unspecified atom stereocenters. The Balaban J connectivity index is 3.93. The molecule has 0 saturated carbocycles. The van der Waals surface area contributed by atoms with E-state index in [4.69, 9.17) is 0 Å². The molecule has 4 nitrogen and oxygen atoms in total. The van der Waals surface area contributed by atoms with Crippen LogP contribution in [0.15, 0.2) is 0 Å². The number of hydrogen-bond donors (Lipinski definition) is 0. The zero-order valence-corrected chi connectivity index (χ0v) is 13.4. The number of carbonyl (C=O) groups is 2. The van der Waals surface area contributed by atoms with Crippen LogP contribution in [-0.4, -0.2) is 37.5 Å². The Morgan fingerprint density at radius 2 is 1.29 bits per heavy atom. The summed E-state index contributed by atoms with van der Waals surface area (Å²) >= 11 is 0. The minimum absolute atomic E-state index is 0.199. The maximum absolute atomic E-state index is 12.0. The lowest BCUT2D eigenvalue weighted by molar-refractivity contribution is -0.192. The van der Waals surface area contributed by atoms with Crippen LogP contribution in [0.4, 0.5) is 26.3 Å². The van der Waals surface area contributed by atoms with E-state index >= 15 is 0 Å². The van der Waals surface area contributed by atoms with Crippen LogP contribution in [0.25, 0.3) is 0 Å². The van der Waals surface area contributed by atoms with Crippen molar-refractivity contribution >= 4 is 11.9 Å². The van der Waals surface area contributed by atoms with Gasteiger partial charge >= 0.3 is 24.3 Å². The van der Waals surface area contributed by atoms with E-state index in [1.807, 2.05) is 0 Å². The minimum Gasteiger partial charge on any atom is -0.456 e. The second-order valence-corrected chi connectivity index (χ2v) is 5.91. The van der Waals surface area contributed by atoms with Crippen LogP contribution >= 0.6 is 0 Å². The van der Waals surface area contributed by atoms with E-state index in [0.717, 1.165) is 0 Å². The normalized spacial score (nSPS) is 12.8. The highest BCUT2D eigenvalue weighted by Crippen LogP contribution is 2.27. The molecule has 0 fully saturated rings. The number of carbonyl (C=O) groups excluding carboxylic acids is 2. The summed E-state index contributed by atoms with van der Waals surface area (Å²) in [6, 6.07) is 0. The van der Waals surface area contributed by atoms with Crippen molar-refractivity contribution in [2.75, 3.05) is 13.2 Å². The number of hydrogen-bond acceptors (Lipinski definition) is 4. The highest BCUT2D eigenvalue weighted by molar-refractivity contribution is 5.75. The fourth-order valence-electron chi connectivity index (χ4n) is 1.69. The van der Waals surface area contributed by atoms with Crippen LogP contribution in [0.1, 0.15) is 46.0 Å². The number of esters is 2. The summed E-state index contributed by atoms with van der Waals surface area (Å²) < 4.78 is 79.6. The smallest absolute Gasteiger partial charge is 0.422 e. The Hall–Kier alpha value is -1.48. The lowest BCUT2D eigenvalue weighted by Crippen LogP contribution is -2.30. The van der Waals surface area contributed by atoms with Crippen molar-refractivity contribution < 1.29 is 45.4 Å². The van der Waals surface area contributed by atoms with Crippen LogP contribution in [0, 0.1) is 5.41 Å². The monoisotopic (exact) mass is 366 g/mol. The average Bonchev–Trinajstić information content (AvgIpc) is 2.40. The van der Waals surface area contributed by atoms with Crippen molar-refractivity contribution in [2.24, 2.45) is 5.41 Å². The van der Waals surface area contributed by atoms with Gasteiger partial charge in [-0.25, -0.2) is 0 Å². The van der Waals surface area contributed by atoms with Crippen molar-refractivity contribution in [3.05, 3.63) is 0 Å². The molecule has 10 heteroatoms. The third-order valence-corrected chi connectivity index (χ3v) is 3.00. The summed E-state index contributed by atoms with van der Waals surface area (Å²) in [6.07, 6.45) is -8.07. The molecule has 0 saturated heterocycles. The second kappa shape index (κ2) is 9.12. The van der Waals surface area contributed by atoms with Gasteiger partial charge in [0, 0.05) is 6.42 Å². The van der Waals surface area contributed by atoms with Gasteiger partial charge < -0.3 is 9.47 Å².